The van der Waals surface area contributed by atoms with Crippen LogP contribution in [-0.4, -0.2) is 33.5 Å². The number of aromatic nitrogens is 3. The first-order valence-corrected chi connectivity index (χ1v) is 8.54. The van der Waals surface area contributed by atoms with E-state index < -0.39 is 0 Å². The predicted molar refractivity (Wildman–Crippen MR) is 97.0 cm³/mol. The first-order chi connectivity index (χ1) is 11.7. The maximum atomic E-state index is 12.4. The minimum absolute atomic E-state index is 0.0236. The molecule has 1 heterocycles. The molecular weight excluding hydrogens is 320 g/mol. The molecule has 0 radical (unpaired) electrons. The highest BCUT2D eigenvalue weighted by molar-refractivity contribution is 7.99. The summed E-state index contributed by atoms with van der Waals surface area (Å²) in [5.74, 6) is 1.13. The summed E-state index contributed by atoms with van der Waals surface area (Å²) in [5, 5.41) is 9.16. The van der Waals surface area contributed by atoms with E-state index in [2.05, 4.69) is 10.2 Å². The molecule has 0 saturated heterocycles. The van der Waals surface area contributed by atoms with Crippen molar-refractivity contribution in [3.05, 3.63) is 60.7 Å². The zero-order valence-corrected chi connectivity index (χ0v) is 14.4. The number of anilines is 1. The van der Waals surface area contributed by atoms with E-state index in [4.69, 9.17) is 0 Å². The minimum Gasteiger partial charge on any atom is -0.315 e. The number of carbonyl (C=O) groups is 1. The van der Waals surface area contributed by atoms with Crippen LogP contribution in [0.2, 0.25) is 0 Å². The lowest BCUT2D eigenvalue weighted by atomic mass is 10.2. The quantitative estimate of drug-likeness (QED) is 0.670. The summed E-state index contributed by atoms with van der Waals surface area (Å²) in [6.45, 7) is 0. The largest absolute Gasteiger partial charge is 0.315 e. The third-order valence-corrected chi connectivity index (χ3v) is 4.71. The molecule has 0 atom stereocenters. The van der Waals surface area contributed by atoms with Gasteiger partial charge in [0, 0.05) is 25.3 Å². The lowest BCUT2D eigenvalue weighted by molar-refractivity contribution is -0.115. The van der Waals surface area contributed by atoms with Crippen LogP contribution in [0.4, 0.5) is 5.69 Å². The average Bonchev–Trinajstić information content (AvgIpc) is 3.01. The standard InChI is InChI=1S/C18H18N4OS/c1-21(15-11-7-4-8-12-15)16(23)13-24-18-20-19-17(22(18)2)14-9-5-3-6-10-14/h3-12H,13H2,1-2H3. The fourth-order valence-electron chi connectivity index (χ4n) is 2.30. The average molecular weight is 338 g/mol. The van der Waals surface area contributed by atoms with Crippen molar-refractivity contribution in [2.75, 3.05) is 17.7 Å². The lowest BCUT2D eigenvalue weighted by Crippen LogP contribution is -2.27. The van der Waals surface area contributed by atoms with Gasteiger partial charge in [-0.1, -0.05) is 60.3 Å². The van der Waals surface area contributed by atoms with E-state index >= 15 is 0 Å². The van der Waals surface area contributed by atoms with Crippen molar-refractivity contribution in [2.24, 2.45) is 7.05 Å². The second-order valence-electron chi connectivity index (χ2n) is 5.31. The number of hydrogen-bond donors (Lipinski definition) is 0. The van der Waals surface area contributed by atoms with Crippen LogP contribution >= 0.6 is 11.8 Å². The van der Waals surface area contributed by atoms with E-state index in [0.717, 1.165) is 22.2 Å². The van der Waals surface area contributed by atoms with Gasteiger partial charge in [-0.05, 0) is 12.1 Å². The van der Waals surface area contributed by atoms with Crippen molar-refractivity contribution >= 4 is 23.4 Å². The summed E-state index contributed by atoms with van der Waals surface area (Å²) < 4.78 is 1.91. The van der Waals surface area contributed by atoms with Crippen molar-refractivity contribution in [2.45, 2.75) is 5.16 Å². The van der Waals surface area contributed by atoms with Crippen LogP contribution < -0.4 is 4.90 Å². The summed E-state index contributed by atoms with van der Waals surface area (Å²) in [4.78, 5) is 14.0. The Balaban J connectivity index is 1.67. The van der Waals surface area contributed by atoms with Gasteiger partial charge in [-0.3, -0.25) is 4.79 Å². The number of para-hydroxylation sites is 1. The highest BCUT2D eigenvalue weighted by atomic mass is 32.2. The van der Waals surface area contributed by atoms with Crippen LogP contribution in [0.5, 0.6) is 0 Å². The number of benzene rings is 2. The van der Waals surface area contributed by atoms with Crippen molar-refractivity contribution in [3.8, 4) is 11.4 Å². The zero-order chi connectivity index (χ0) is 16.9. The Morgan fingerprint density at radius 2 is 1.67 bits per heavy atom. The van der Waals surface area contributed by atoms with Gasteiger partial charge >= 0.3 is 0 Å². The summed E-state index contributed by atoms with van der Waals surface area (Å²) in [7, 11) is 3.69. The maximum Gasteiger partial charge on any atom is 0.237 e. The molecule has 3 aromatic rings. The van der Waals surface area contributed by atoms with E-state index in [-0.39, 0.29) is 5.91 Å². The molecule has 5 nitrogen and oxygen atoms in total. The van der Waals surface area contributed by atoms with Crippen LogP contribution in [0.3, 0.4) is 0 Å². The summed E-state index contributed by atoms with van der Waals surface area (Å²) in [6, 6.07) is 19.5. The Kier molecular flexibility index (Phi) is 4.96. The third-order valence-electron chi connectivity index (χ3n) is 3.71. The number of carbonyl (C=O) groups excluding carboxylic acids is 1. The molecule has 0 fully saturated rings. The molecule has 122 valence electrons. The Morgan fingerprint density at radius 1 is 1.04 bits per heavy atom. The Bertz CT molecular complexity index is 818. The van der Waals surface area contributed by atoms with Crippen LogP contribution in [0.25, 0.3) is 11.4 Å². The van der Waals surface area contributed by atoms with E-state index in [1.165, 1.54) is 11.8 Å². The molecule has 1 aromatic heterocycles. The van der Waals surface area contributed by atoms with Crippen molar-refractivity contribution in [1.29, 1.82) is 0 Å². The van der Waals surface area contributed by atoms with Crippen LogP contribution in [0.15, 0.2) is 65.8 Å². The second-order valence-corrected chi connectivity index (χ2v) is 6.25. The van der Waals surface area contributed by atoms with Crippen molar-refractivity contribution < 1.29 is 4.79 Å². The maximum absolute atomic E-state index is 12.4. The monoisotopic (exact) mass is 338 g/mol. The van der Waals surface area contributed by atoms with E-state index in [1.54, 1.807) is 11.9 Å². The number of amides is 1. The number of nitrogens with zero attached hydrogens (tertiary/aromatic N) is 4. The Labute approximate surface area is 145 Å². The molecule has 0 spiro atoms. The van der Waals surface area contributed by atoms with Gasteiger partial charge in [-0.15, -0.1) is 10.2 Å². The molecule has 24 heavy (non-hydrogen) atoms. The van der Waals surface area contributed by atoms with E-state index in [9.17, 15) is 4.79 Å². The lowest BCUT2D eigenvalue weighted by Gasteiger charge is -2.16. The van der Waals surface area contributed by atoms with Crippen LogP contribution in [0, 0.1) is 0 Å². The molecule has 0 aliphatic rings. The molecule has 2 aromatic carbocycles. The molecule has 6 heteroatoms. The van der Waals surface area contributed by atoms with Gasteiger partial charge in [0.05, 0.1) is 5.75 Å². The fraction of sp³-hybridized carbons (Fsp3) is 0.167. The molecule has 0 aliphatic carbocycles. The van der Waals surface area contributed by atoms with Gasteiger partial charge in [0.2, 0.25) is 5.91 Å². The van der Waals surface area contributed by atoms with Crippen LogP contribution in [0.1, 0.15) is 0 Å². The van der Waals surface area contributed by atoms with Gasteiger partial charge in [-0.2, -0.15) is 0 Å². The van der Waals surface area contributed by atoms with Gasteiger partial charge in [0.15, 0.2) is 11.0 Å². The number of hydrogen-bond acceptors (Lipinski definition) is 4. The van der Waals surface area contributed by atoms with Gasteiger partial charge in [0.1, 0.15) is 0 Å². The van der Waals surface area contributed by atoms with Gasteiger partial charge < -0.3 is 9.47 Å². The first kappa shape index (κ1) is 16.3. The second kappa shape index (κ2) is 7.31. The number of rotatable bonds is 5. The molecule has 0 aliphatic heterocycles. The summed E-state index contributed by atoms with van der Waals surface area (Å²) in [6.07, 6.45) is 0. The molecule has 0 unspecified atom stereocenters. The first-order valence-electron chi connectivity index (χ1n) is 7.56. The van der Waals surface area contributed by atoms with E-state index in [1.807, 2.05) is 72.3 Å². The molecule has 0 saturated carbocycles. The van der Waals surface area contributed by atoms with Crippen molar-refractivity contribution in [1.82, 2.24) is 14.8 Å². The molecule has 0 N–H and O–H groups in total. The molecule has 0 bridgehead atoms. The SMILES string of the molecule is CN(C(=O)CSc1nnc(-c2ccccc2)n1C)c1ccccc1. The fourth-order valence-corrected chi connectivity index (χ4v) is 3.12. The highest BCUT2D eigenvalue weighted by Crippen LogP contribution is 2.23. The topological polar surface area (TPSA) is 51.0 Å². The van der Waals surface area contributed by atoms with E-state index in [0.29, 0.717) is 5.75 Å². The number of thioether (sulfide) groups is 1. The minimum atomic E-state index is 0.0236. The molecule has 1 amide bonds. The Morgan fingerprint density at radius 3 is 2.33 bits per heavy atom. The predicted octanol–water partition coefficient (Wildman–Crippen LogP) is 3.24. The molecule has 3 rings (SSSR count). The van der Waals surface area contributed by atoms with Crippen molar-refractivity contribution in [3.63, 3.8) is 0 Å². The summed E-state index contributed by atoms with van der Waals surface area (Å²) >= 11 is 1.39. The van der Waals surface area contributed by atoms with Gasteiger partial charge in [-0.25, -0.2) is 0 Å². The van der Waals surface area contributed by atoms with Crippen LogP contribution in [-0.2, 0) is 11.8 Å². The zero-order valence-electron chi connectivity index (χ0n) is 13.6. The summed E-state index contributed by atoms with van der Waals surface area (Å²) in [5.41, 5.74) is 1.89. The third kappa shape index (κ3) is 3.49. The molecular formula is C18H18N4OS. The highest BCUT2D eigenvalue weighted by Gasteiger charge is 2.15. The smallest absolute Gasteiger partial charge is 0.237 e. The van der Waals surface area contributed by atoms with Gasteiger partial charge in [0.25, 0.3) is 0 Å². The Hall–Kier alpha value is -2.60. The normalized spacial score (nSPS) is 10.6.